The predicted octanol–water partition coefficient (Wildman–Crippen LogP) is 5.34. The van der Waals surface area contributed by atoms with E-state index in [2.05, 4.69) is 15.9 Å². The molecule has 3 aromatic rings. The summed E-state index contributed by atoms with van der Waals surface area (Å²) in [5.41, 5.74) is 2.12. The molecule has 6 nitrogen and oxygen atoms in total. The van der Waals surface area contributed by atoms with Crippen molar-refractivity contribution in [3.63, 3.8) is 0 Å². The molecule has 0 radical (unpaired) electrons. The van der Waals surface area contributed by atoms with E-state index in [4.69, 9.17) is 4.74 Å². The highest BCUT2D eigenvalue weighted by Gasteiger charge is 2.43. The van der Waals surface area contributed by atoms with Crippen LogP contribution in [0.4, 0.5) is 0 Å². The third-order valence-corrected chi connectivity index (χ3v) is 6.18. The molecular weight excluding hydrogens is 498 g/mol. The van der Waals surface area contributed by atoms with Crippen molar-refractivity contribution < 1.29 is 24.5 Å². The maximum Gasteiger partial charge on any atom is 0.290 e. The van der Waals surface area contributed by atoms with Crippen LogP contribution in [-0.4, -0.2) is 33.9 Å². The van der Waals surface area contributed by atoms with Crippen LogP contribution in [0.1, 0.15) is 22.7 Å². The first-order chi connectivity index (χ1) is 16.4. The average Bonchev–Trinajstić information content (AvgIpc) is 3.10. The first-order valence-corrected chi connectivity index (χ1v) is 11.3. The topological polar surface area (TPSA) is 87.1 Å². The van der Waals surface area contributed by atoms with Gasteiger partial charge in [-0.15, -0.1) is 0 Å². The highest BCUT2D eigenvalue weighted by Crippen LogP contribution is 2.44. The van der Waals surface area contributed by atoms with Crippen molar-refractivity contribution in [1.82, 2.24) is 4.90 Å². The van der Waals surface area contributed by atoms with Crippen molar-refractivity contribution in [2.45, 2.75) is 12.6 Å². The molecule has 1 aliphatic heterocycles. The van der Waals surface area contributed by atoms with Gasteiger partial charge in [0.15, 0.2) is 23.0 Å². The molecule has 0 saturated heterocycles. The Morgan fingerprint density at radius 1 is 1.06 bits per heavy atom. The Balaban J connectivity index is 1.79. The Kier molecular flexibility index (Phi) is 6.84. The molecule has 1 unspecified atom stereocenters. The van der Waals surface area contributed by atoms with Gasteiger partial charge in [-0.1, -0.05) is 66.7 Å². The number of hydrogen-bond acceptors (Lipinski definition) is 5. The summed E-state index contributed by atoms with van der Waals surface area (Å²) in [7, 11) is 1.41. The minimum absolute atomic E-state index is 0.0345. The van der Waals surface area contributed by atoms with Crippen molar-refractivity contribution in [3.05, 3.63) is 111 Å². The second-order valence-electron chi connectivity index (χ2n) is 7.75. The second-order valence-corrected chi connectivity index (χ2v) is 8.60. The van der Waals surface area contributed by atoms with Crippen LogP contribution in [0.25, 0.3) is 6.08 Å². The lowest BCUT2D eigenvalue weighted by molar-refractivity contribution is -0.130. The molecule has 3 aromatic carbocycles. The molecule has 0 bridgehead atoms. The van der Waals surface area contributed by atoms with Gasteiger partial charge in [-0.2, -0.15) is 0 Å². The van der Waals surface area contributed by atoms with Crippen LogP contribution < -0.4 is 4.74 Å². The monoisotopic (exact) mass is 519 g/mol. The van der Waals surface area contributed by atoms with Gasteiger partial charge in [0.05, 0.1) is 23.2 Å². The number of aromatic hydroxyl groups is 1. The number of ether oxygens (including phenoxy) is 1. The van der Waals surface area contributed by atoms with E-state index in [1.165, 1.54) is 18.1 Å². The van der Waals surface area contributed by atoms with E-state index in [0.29, 0.717) is 10.0 Å². The van der Waals surface area contributed by atoms with Gasteiger partial charge in [0.25, 0.3) is 5.91 Å². The van der Waals surface area contributed by atoms with Gasteiger partial charge in [-0.25, -0.2) is 0 Å². The van der Waals surface area contributed by atoms with Crippen LogP contribution in [0.15, 0.2) is 94.7 Å². The van der Waals surface area contributed by atoms with E-state index < -0.39 is 23.5 Å². The number of aliphatic hydroxyl groups excluding tert-OH is 1. The Morgan fingerprint density at radius 2 is 1.71 bits per heavy atom. The zero-order valence-electron chi connectivity index (χ0n) is 18.3. The maximum absolute atomic E-state index is 13.3. The minimum Gasteiger partial charge on any atom is -0.503 e. The SMILES string of the molecule is COc1cc(C2C(C(=O)C=Cc3ccccc3)=C(O)C(=O)N2Cc2ccccc2)cc(Br)c1O. The van der Waals surface area contributed by atoms with Crippen LogP contribution in [0.2, 0.25) is 0 Å². The second kappa shape index (κ2) is 9.97. The molecule has 0 fully saturated rings. The highest BCUT2D eigenvalue weighted by atomic mass is 79.9. The highest BCUT2D eigenvalue weighted by molar-refractivity contribution is 9.10. The Morgan fingerprint density at radius 3 is 2.35 bits per heavy atom. The third-order valence-electron chi connectivity index (χ3n) is 5.58. The average molecular weight is 520 g/mol. The molecule has 34 heavy (non-hydrogen) atoms. The molecule has 1 heterocycles. The van der Waals surface area contributed by atoms with Crippen LogP contribution in [0, 0.1) is 0 Å². The lowest BCUT2D eigenvalue weighted by Crippen LogP contribution is -2.30. The van der Waals surface area contributed by atoms with E-state index in [9.17, 15) is 19.8 Å². The summed E-state index contributed by atoms with van der Waals surface area (Å²) in [5, 5.41) is 21.1. The Hall–Kier alpha value is -3.84. The fraction of sp³-hybridized carbons (Fsp3) is 0.111. The largest absolute Gasteiger partial charge is 0.503 e. The van der Waals surface area contributed by atoms with Crippen molar-refractivity contribution in [2.24, 2.45) is 0 Å². The zero-order chi connectivity index (χ0) is 24.2. The van der Waals surface area contributed by atoms with E-state index >= 15 is 0 Å². The molecular formula is C27H22BrNO5. The molecule has 1 atom stereocenters. The molecule has 172 valence electrons. The number of hydrogen-bond donors (Lipinski definition) is 2. The summed E-state index contributed by atoms with van der Waals surface area (Å²) >= 11 is 3.31. The third kappa shape index (κ3) is 4.61. The first-order valence-electron chi connectivity index (χ1n) is 10.5. The maximum atomic E-state index is 13.3. The predicted molar refractivity (Wildman–Crippen MR) is 132 cm³/mol. The standard InChI is InChI=1S/C27H22BrNO5/c1-34-22-15-19(14-20(28)25(22)31)24-23(21(30)13-12-17-8-4-2-5-9-17)26(32)27(33)29(24)16-18-10-6-3-7-11-18/h2-15,24,31-32H,16H2,1H3. The first kappa shape index (κ1) is 23.3. The fourth-order valence-corrected chi connectivity index (χ4v) is 4.39. The summed E-state index contributed by atoms with van der Waals surface area (Å²) in [5.74, 6) is -1.65. The zero-order valence-corrected chi connectivity index (χ0v) is 19.9. The summed E-state index contributed by atoms with van der Waals surface area (Å²) in [6.07, 6.45) is 2.98. The van der Waals surface area contributed by atoms with Gasteiger partial charge in [-0.05, 0) is 50.8 Å². The van der Waals surface area contributed by atoms with E-state index in [1.54, 1.807) is 18.2 Å². The molecule has 0 aliphatic carbocycles. The number of amides is 1. The number of rotatable bonds is 7. The van der Waals surface area contributed by atoms with Crippen molar-refractivity contribution in [1.29, 1.82) is 0 Å². The molecule has 1 aliphatic rings. The molecule has 1 amide bonds. The molecule has 0 aromatic heterocycles. The number of carbonyl (C=O) groups excluding carboxylic acids is 2. The quantitative estimate of drug-likeness (QED) is 0.411. The lowest BCUT2D eigenvalue weighted by atomic mass is 9.95. The van der Waals surface area contributed by atoms with Gasteiger partial charge in [0, 0.05) is 6.54 Å². The summed E-state index contributed by atoms with van der Waals surface area (Å²) < 4.78 is 5.61. The number of halogens is 1. The van der Waals surface area contributed by atoms with Crippen LogP contribution >= 0.6 is 15.9 Å². The van der Waals surface area contributed by atoms with Gasteiger partial charge in [0.1, 0.15) is 0 Å². The molecule has 0 spiro atoms. The fourth-order valence-electron chi connectivity index (χ4n) is 3.93. The molecule has 2 N–H and O–H groups in total. The number of allylic oxidation sites excluding steroid dienone is 1. The summed E-state index contributed by atoms with van der Waals surface area (Å²) in [4.78, 5) is 27.9. The molecule has 7 heteroatoms. The Bertz CT molecular complexity index is 1290. The van der Waals surface area contributed by atoms with Crippen molar-refractivity contribution >= 4 is 33.7 Å². The number of phenols is 1. The van der Waals surface area contributed by atoms with Gasteiger partial charge in [0.2, 0.25) is 0 Å². The van der Waals surface area contributed by atoms with Gasteiger partial charge in [-0.3, -0.25) is 9.59 Å². The number of phenolic OH excluding ortho intramolecular Hbond substituents is 1. The normalized spacial score (nSPS) is 15.9. The van der Waals surface area contributed by atoms with Crippen LogP contribution in [-0.2, 0) is 16.1 Å². The van der Waals surface area contributed by atoms with Gasteiger partial charge >= 0.3 is 0 Å². The Labute approximate surface area is 205 Å². The minimum atomic E-state index is -0.883. The van der Waals surface area contributed by atoms with Crippen molar-refractivity contribution in [2.75, 3.05) is 7.11 Å². The number of benzene rings is 3. The number of nitrogens with zero attached hydrogens (tertiary/aromatic N) is 1. The van der Waals surface area contributed by atoms with E-state index in [1.807, 2.05) is 60.7 Å². The van der Waals surface area contributed by atoms with E-state index in [-0.39, 0.29) is 23.6 Å². The van der Waals surface area contributed by atoms with Crippen LogP contribution in [0.5, 0.6) is 11.5 Å². The summed E-state index contributed by atoms with van der Waals surface area (Å²) in [6.45, 7) is 0.175. The molecule has 4 rings (SSSR count). The smallest absolute Gasteiger partial charge is 0.290 e. The molecule has 0 saturated carbocycles. The number of carbonyl (C=O) groups is 2. The lowest BCUT2D eigenvalue weighted by Gasteiger charge is -2.27. The van der Waals surface area contributed by atoms with Gasteiger partial charge < -0.3 is 19.8 Å². The number of methoxy groups -OCH3 is 1. The summed E-state index contributed by atoms with van der Waals surface area (Å²) in [6, 6.07) is 20.9. The van der Waals surface area contributed by atoms with E-state index in [0.717, 1.165) is 11.1 Å². The van der Waals surface area contributed by atoms with Crippen LogP contribution in [0.3, 0.4) is 0 Å². The van der Waals surface area contributed by atoms with Crippen molar-refractivity contribution in [3.8, 4) is 11.5 Å². The number of aliphatic hydroxyl groups is 1. The number of ketones is 1.